The number of carbonyl (C=O) groups is 2. The molecule has 0 bridgehead atoms. The fourth-order valence-electron chi connectivity index (χ4n) is 2.36. The molecule has 6 nitrogen and oxygen atoms in total. The molecule has 114 valence electrons. The van der Waals surface area contributed by atoms with E-state index in [1.165, 1.54) is 0 Å². The summed E-state index contributed by atoms with van der Waals surface area (Å²) >= 11 is 0. The summed E-state index contributed by atoms with van der Waals surface area (Å²) in [6.45, 7) is 2.11. The summed E-state index contributed by atoms with van der Waals surface area (Å²) in [6.07, 6.45) is 0.562. The molecule has 1 heterocycles. The van der Waals surface area contributed by atoms with E-state index in [2.05, 4.69) is 5.32 Å². The minimum absolute atomic E-state index is 0.0467. The van der Waals surface area contributed by atoms with E-state index >= 15 is 0 Å². The van der Waals surface area contributed by atoms with Crippen molar-refractivity contribution in [1.82, 2.24) is 10.2 Å². The van der Waals surface area contributed by atoms with Gasteiger partial charge in [0.05, 0.1) is 6.54 Å². The molecule has 0 aliphatic carbocycles. The summed E-state index contributed by atoms with van der Waals surface area (Å²) in [5, 5.41) is 11.4. The summed E-state index contributed by atoms with van der Waals surface area (Å²) in [4.78, 5) is 24.0. The minimum Gasteiger partial charge on any atom is -0.480 e. The molecule has 0 spiro atoms. The first-order valence-corrected chi connectivity index (χ1v) is 7.03. The third-order valence-electron chi connectivity index (χ3n) is 3.46. The first kappa shape index (κ1) is 15.3. The molecule has 2 N–H and O–H groups in total. The van der Waals surface area contributed by atoms with Crippen molar-refractivity contribution in [1.29, 1.82) is 0 Å². The quantitative estimate of drug-likeness (QED) is 0.826. The van der Waals surface area contributed by atoms with Crippen molar-refractivity contribution < 1.29 is 19.4 Å². The summed E-state index contributed by atoms with van der Waals surface area (Å²) < 4.78 is 5.28. The van der Waals surface area contributed by atoms with E-state index in [0.717, 1.165) is 12.0 Å². The van der Waals surface area contributed by atoms with E-state index < -0.39 is 5.97 Å². The van der Waals surface area contributed by atoms with Crippen LogP contribution in [0.3, 0.4) is 0 Å². The molecule has 0 saturated carbocycles. The maximum absolute atomic E-state index is 11.9. The second-order valence-electron chi connectivity index (χ2n) is 5.17. The molecule has 1 atom stereocenters. The van der Waals surface area contributed by atoms with E-state index in [-0.39, 0.29) is 25.2 Å². The highest BCUT2D eigenvalue weighted by Gasteiger charge is 2.27. The predicted molar refractivity (Wildman–Crippen MR) is 76.8 cm³/mol. The maximum atomic E-state index is 11.9. The van der Waals surface area contributed by atoms with Gasteiger partial charge < -0.3 is 20.1 Å². The Morgan fingerprint density at radius 1 is 1.33 bits per heavy atom. The lowest BCUT2D eigenvalue weighted by molar-refractivity contribution is -0.136. The van der Waals surface area contributed by atoms with Crippen molar-refractivity contribution >= 4 is 12.1 Å². The van der Waals surface area contributed by atoms with Gasteiger partial charge in [-0.05, 0) is 17.9 Å². The average Bonchev–Trinajstić information content (AvgIpc) is 2.94. The summed E-state index contributed by atoms with van der Waals surface area (Å²) in [5.41, 5.74) is 0.963. The van der Waals surface area contributed by atoms with Crippen LogP contribution >= 0.6 is 0 Å². The number of nitrogens with one attached hydrogen (secondary N) is 1. The molecule has 1 aliphatic rings. The lowest BCUT2D eigenvalue weighted by atomic mass is 10.1. The van der Waals surface area contributed by atoms with Crippen LogP contribution in [0.25, 0.3) is 0 Å². The molecule has 1 aromatic rings. The van der Waals surface area contributed by atoms with Crippen LogP contribution in [0.5, 0.6) is 0 Å². The molecular weight excluding hydrogens is 272 g/mol. The Morgan fingerprint density at radius 2 is 2.10 bits per heavy atom. The third kappa shape index (κ3) is 5.07. The number of carbonyl (C=O) groups excluding carboxylic acids is 1. The van der Waals surface area contributed by atoms with Gasteiger partial charge in [0, 0.05) is 19.6 Å². The SMILES string of the molecule is O=C(O)CNC[C@H]1CCN(C(=O)OCc2ccccc2)C1. The van der Waals surface area contributed by atoms with E-state index in [9.17, 15) is 9.59 Å². The predicted octanol–water partition coefficient (Wildman–Crippen LogP) is 1.32. The maximum Gasteiger partial charge on any atom is 0.410 e. The molecule has 1 saturated heterocycles. The highest BCUT2D eigenvalue weighted by atomic mass is 16.6. The van der Waals surface area contributed by atoms with Crippen LogP contribution in [0, 0.1) is 5.92 Å². The van der Waals surface area contributed by atoms with Crippen LogP contribution in [-0.2, 0) is 16.1 Å². The van der Waals surface area contributed by atoms with Gasteiger partial charge in [-0.2, -0.15) is 0 Å². The van der Waals surface area contributed by atoms with Crippen molar-refractivity contribution in [3.63, 3.8) is 0 Å². The lowest BCUT2D eigenvalue weighted by Gasteiger charge is -2.16. The number of amides is 1. The topological polar surface area (TPSA) is 78.9 Å². The van der Waals surface area contributed by atoms with Crippen molar-refractivity contribution in [2.24, 2.45) is 5.92 Å². The number of aliphatic carboxylic acids is 1. The molecule has 6 heteroatoms. The Hall–Kier alpha value is -2.08. The molecular formula is C15H20N2O4. The van der Waals surface area contributed by atoms with Gasteiger partial charge in [0.15, 0.2) is 0 Å². The van der Waals surface area contributed by atoms with Crippen LogP contribution in [0.2, 0.25) is 0 Å². The number of nitrogens with zero attached hydrogens (tertiary/aromatic N) is 1. The monoisotopic (exact) mass is 292 g/mol. The number of carboxylic acids is 1. The van der Waals surface area contributed by atoms with Crippen LogP contribution in [-0.4, -0.2) is 48.2 Å². The molecule has 2 rings (SSSR count). The minimum atomic E-state index is -0.868. The molecule has 1 fully saturated rings. The van der Waals surface area contributed by atoms with Crippen LogP contribution in [0.4, 0.5) is 4.79 Å². The number of likely N-dealkylation sites (tertiary alicyclic amines) is 1. The number of benzene rings is 1. The normalized spacial score (nSPS) is 17.7. The molecule has 1 amide bonds. The fraction of sp³-hybridized carbons (Fsp3) is 0.467. The smallest absolute Gasteiger partial charge is 0.410 e. The number of ether oxygens (including phenoxy) is 1. The zero-order valence-electron chi connectivity index (χ0n) is 11.8. The standard InChI is InChI=1S/C15H20N2O4/c18-14(19)9-16-8-13-6-7-17(10-13)15(20)21-11-12-4-2-1-3-5-12/h1-5,13,16H,6-11H2,(H,18,19)/t13-/m1/s1. The summed E-state index contributed by atoms with van der Waals surface area (Å²) in [7, 11) is 0. The third-order valence-corrected chi connectivity index (χ3v) is 3.46. The van der Waals surface area contributed by atoms with Gasteiger partial charge in [-0.1, -0.05) is 30.3 Å². The zero-order valence-corrected chi connectivity index (χ0v) is 11.8. The number of hydrogen-bond donors (Lipinski definition) is 2. The second kappa shape index (κ2) is 7.64. The lowest BCUT2D eigenvalue weighted by Crippen LogP contribution is -2.32. The second-order valence-corrected chi connectivity index (χ2v) is 5.17. The van der Waals surface area contributed by atoms with Crippen LogP contribution in [0.15, 0.2) is 30.3 Å². The molecule has 0 aromatic heterocycles. The summed E-state index contributed by atoms with van der Waals surface area (Å²) in [5.74, 6) is -0.583. The molecule has 1 aromatic carbocycles. The first-order valence-electron chi connectivity index (χ1n) is 7.03. The molecule has 21 heavy (non-hydrogen) atoms. The Labute approximate surface area is 123 Å². The van der Waals surface area contributed by atoms with Gasteiger partial charge in [-0.3, -0.25) is 4.79 Å². The van der Waals surface area contributed by atoms with Gasteiger partial charge in [0.25, 0.3) is 0 Å². The summed E-state index contributed by atoms with van der Waals surface area (Å²) in [6, 6.07) is 9.55. The van der Waals surface area contributed by atoms with Crippen LogP contribution < -0.4 is 5.32 Å². The van der Waals surface area contributed by atoms with Gasteiger partial charge in [0.1, 0.15) is 6.61 Å². The van der Waals surface area contributed by atoms with Gasteiger partial charge >= 0.3 is 12.1 Å². The number of rotatable bonds is 6. The highest BCUT2D eigenvalue weighted by molar-refractivity contribution is 5.69. The zero-order chi connectivity index (χ0) is 15.1. The average molecular weight is 292 g/mol. The number of hydrogen-bond acceptors (Lipinski definition) is 4. The van der Waals surface area contributed by atoms with E-state index in [1.54, 1.807) is 4.90 Å². The van der Waals surface area contributed by atoms with E-state index in [0.29, 0.717) is 19.6 Å². The Balaban J connectivity index is 1.68. The number of carboxylic acid groups (broad SMARTS) is 1. The first-order chi connectivity index (χ1) is 10.1. The van der Waals surface area contributed by atoms with Gasteiger partial charge in [0.2, 0.25) is 0 Å². The molecule has 0 unspecified atom stereocenters. The van der Waals surface area contributed by atoms with Gasteiger partial charge in [-0.15, -0.1) is 0 Å². The fourth-order valence-corrected chi connectivity index (χ4v) is 2.36. The van der Waals surface area contributed by atoms with Crippen molar-refractivity contribution in [2.75, 3.05) is 26.2 Å². The largest absolute Gasteiger partial charge is 0.480 e. The van der Waals surface area contributed by atoms with Crippen molar-refractivity contribution in [3.8, 4) is 0 Å². The van der Waals surface area contributed by atoms with E-state index in [1.807, 2.05) is 30.3 Å². The Bertz CT molecular complexity index is 478. The van der Waals surface area contributed by atoms with Crippen LogP contribution in [0.1, 0.15) is 12.0 Å². The Kier molecular flexibility index (Phi) is 5.57. The van der Waals surface area contributed by atoms with E-state index in [4.69, 9.17) is 9.84 Å². The molecule has 1 aliphatic heterocycles. The highest BCUT2D eigenvalue weighted by Crippen LogP contribution is 2.16. The molecule has 0 radical (unpaired) electrons. The van der Waals surface area contributed by atoms with Crippen molar-refractivity contribution in [3.05, 3.63) is 35.9 Å². The van der Waals surface area contributed by atoms with Crippen molar-refractivity contribution in [2.45, 2.75) is 13.0 Å². The van der Waals surface area contributed by atoms with Gasteiger partial charge in [-0.25, -0.2) is 4.79 Å². The Morgan fingerprint density at radius 3 is 2.81 bits per heavy atom.